The molecule has 1 unspecified atom stereocenters. The van der Waals surface area contributed by atoms with Crippen LogP contribution in [0.3, 0.4) is 0 Å². The lowest BCUT2D eigenvalue weighted by Crippen LogP contribution is -2.48. The molecule has 27 heavy (non-hydrogen) atoms. The summed E-state index contributed by atoms with van der Waals surface area (Å²) in [5.74, 6) is 0.524. The van der Waals surface area contributed by atoms with E-state index in [-0.39, 0.29) is 54.4 Å². The molecule has 1 amide bonds. The Morgan fingerprint density at radius 1 is 1.26 bits per heavy atom. The Labute approximate surface area is 179 Å². The number of carbonyl (C=O) groups is 2. The van der Waals surface area contributed by atoms with Crippen molar-refractivity contribution in [3.05, 3.63) is 0 Å². The van der Waals surface area contributed by atoms with E-state index in [1.54, 1.807) is 14.1 Å². The topological polar surface area (TPSA) is 83.5 Å². The van der Waals surface area contributed by atoms with Gasteiger partial charge in [-0.25, -0.2) is 4.99 Å². The highest BCUT2D eigenvalue weighted by molar-refractivity contribution is 14.0. The number of rotatable bonds is 6. The van der Waals surface area contributed by atoms with Crippen LogP contribution in [-0.2, 0) is 19.1 Å². The molecule has 1 N–H and O–H groups in total. The lowest BCUT2D eigenvalue weighted by atomic mass is 9.97. The van der Waals surface area contributed by atoms with E-state index >= 15 is 0 Å². The van der Waals surface area contributed by atoms with Crippen LogP contribution in [0.5, 0.6) is 0 Å². The van der Waals surface area contributed by atoms with Gasteiger partial charge < -0.3 is 24.6 Å². The molecular weight excluding hydrogens is 463 g/mol. The Morgan fingerprint density at radius 2 is 1.96 bits per heavy atom. The van der Waals surface area contributed by atoms with E-state index in [4.69, 9.17) is 9.47 Å². The zero-order chi connectivity index (χ0) is 18.9. The molecule has 2 saturated heterocycles. The number of aliphatic imine (C=N–C) groups is 1. The third kappa shape index (κ3) is 7.81. The molecule has 0 aromatic heterocycles. The van der Waals surface area contributed by atoms with E-state index in [1.165, 1.54) is 4.90 Å². The maximum Gasteiger partial charge on any atom is 0.309 e. The van der Waals surface area contributed by atoms with Gasteiger partial charge in [-0.05, 0) is 32.6 Å². The van der Waals surface area contributed by atoms with Crippen molar-refractivity contribution in [3.63, 3.8) is 0 Å². The van der Waals surface area contributed by atoms with Gasteiger partial charge in [-0.1, -0.05) is 0 Å². The fourth-order valence-corrected chi connectivity index (χ4v) is 3.15. The fraction of sp³-hybridized carbons (Fsp3) is 0.833. The molecule has 0 aliphatic carbocycles. The number of ether oxygens (including phenoxy) is 2. The summed E-state index contributed by atoms with van der Waals surface area (Å²) in [5, 5.41) is 3.36. The largest absolute Gasteiger partial charge is 0.466 e. The van der Waals surface area contributed by atoms with Gasteiger partial charge in [0.05, 0.1) is 18.6 Å². The van der Waals surface area contributed by atoms with Crippen molar-refractivity contribution in [2.75, 3.05) is 53.5 Å². The van der Waals surface area contributed by atoms with Crippen LogP contribution in [0.15, 0.2) is 4.99 Å². The number of amides is 1. The standard InChI is InChI=1S/C18H32N4O4.HI/c1-4-25-17(24)14-7-9-22(10-8-14)18(20-13-16(23)21(2)3)19-12-15-6-5-11-26-15;/h14-15H,4-13H2,1-3H3,(H,19,20);1H. The Morgan fingerprint density at radius 3 is 2.52 bits per heavy atom. The first-order chi connectivity index (χ1) is 12.5. The highest BCUT2D eigenvalue weighted by atomic mass is 127. The SMILES string of the molecule is CCOC(=O)C1CCN(C(=NCC(=O)N(C)C)NCC2CCCO2)CC1.I. The number of esters is 1. The Bertz CT molecular complexity index is 502. The van der Waals surface area contributed by atoms with Gasteiger partial charge in [-0.3, -0.25) is 9.59 Å². The van der Waals surface area contributed by atoms with Crippen molar-refractivity contribution in [2.24, 2.45) is 10.9 Å². The molecule has 156 valence electrons. The number of hydrogen-bond donors (Lipinski definition) is 1. The maximum atomic E-state index is 11.9. The number of halogens is 1. The molecule has 0 aromatic rings. The third-order valence-electron chi connectivity index (χ3n) is 4.79. The number of guanidine groups is 1. The molecule has 0 bridgehead atoms. The van der Waals surface area contributed by atoms with Crippen LogP contribution in [0.1, 0.15) is 32.6 Å². The van der Waals surface area contributed by atoms with Crippen LogP contribution in [0, 0.1) is 5.92 Å². The second-order valence-electron chi connectivity index (χ2n) is 6.96. The van der Waals surface area contributed by atoms with E-state index in [2.05, 4.69) is 15.2 Å². The van der Waals surface area contributed by atoms with Gasteiger partial charge in [0.15, 0.2) is 5.96 Å². The van der Waals surface area contributed by atoms with Crippen LogP contribution >= 0.6 is 24.0 Å². The predicted octanol–water partition coefficient (Wildman–Crippen LogP) is 1.09. The fourth-order valence-electron chi connectivity index (χ4n) is 3.15. The molecule has 2 aliphatic rings. The average molecular weight is 496 g/mol. The number of nitrogens with one attached hydrogen (secondary N) is 1. The summed E-state index contributed by atoms with van der Waals surface area (Å²) in [4.78, 5) is 32.0. The third-order valence-corrected chi connectivity index (χ3v) is 4.79. The summed E-state index contributed by atoms with van der Waals surface area (Å²) in [5.41, 5.74) is 0. The second-order valence-corrected chi connectivity index (χ2v) is 6.96. The molecule has 9 heteroatoms. The van der Waals surface area contributed by atoms with Gasteiger partial charge in [-0.2, -0.15) is 0 Å². The van der Waals surface area contributed by atoms with Crippen molar-refractivity contribution >= 4 is 41.8 Å². The van der Waals surface area contributed by atoms with Gasteiger partial charge in [0.25, 0.3) is 0 Å². The molecule has 0 radical (unpaired) electrons. The number of carbonyl (C=O) groups excluding carboxylic acids is 2. The van der Waals surface area contributed by atoms with Gasteiger partial charge in [0.1, 0.15) is 6.54 Å². The van der Waals surface area contributed by atoms with Gasteiger partial charge in [-0.15, -0.1) is 24.0 Å². The van der Waals surface area contributed by atoms with Gasteiger partial charge in [0, 0.05) is 40.3 Å². The van der Waals surface area contributed by atoms with Gasteiger partial charge >= 0.3 is 5.97 Å². The summed E-state index contributed by atoms with van der Waals surface area (Å²) in [6.45, 7) is 5.29. The van der Waals surface area contributed by atoms with Crippen LogP contribution in [0.2, 0.25) is 0 Å². The van der Waals surface area contributed by atoms with E-state index < -0.39 is 0 Å². The normalized spacial score (nSPS) is 20.8. The lowest BCUT2D eigenvalue weighted by molar-refractivity contribution is -0.149. The first-order valence-corrected chi connectivity index (χ1v) is 9.53. The van der Waals surface area contributed by atoms with Crippen molar-refractivity contribution in [3.8, 4) is 0 Å². The zero-order valence-corrected chi connectivity index (χ0v) is 18.9. The second kappa shape index (κ2) is 12.4. The molecule has 0 saturated carbocycles. The van der Waals surface area contributed by atoms with E-state index in [1.807, 2.05) is 6.92 Å². The summed E-state index contributed by atoms with van der Waals surface area (Å²) in [7, 11) is 3.45. The lowest BCUT2D eigenvalue weighted by Gasteiger charge is -2.33. The number of piperidine rings is 1. The van der Waals surface area contributed by atoms with Crippen molar-refractivity contribution in [2.45, 2.75) is 38.7 Å². The summed E-state index contributed by atoms with van der Waals surface area (Å²) in [6, 6.07) is 0. The van der Waals surface area contributed by atoms with Crippen LogP contribution in [-0.4, -0.2) is 87.2 Å². The van der Waals surface area contributed by atoms with Crippen LogP contribution in [0.25, 0.3) is 0 Å². The number of likely N-dealkylation sites (N-methyl/N-ethyl adjacent to an activating group) is 1. The first kappa shape index (κ1) is 23.9. The minimum absolute atomic E-state index is 0. The molecule has 2 aliphatic heterocycles. The Kier molecular flexibility index (Phi) is 11.0. The summed E-state index contributed by atoms with van der Waals surface area (Å²) < 4.78 is 10.8. The quantitative estimate of drug-likeness (QED) is 0.257. The van der Waals surface area contributed by atoms with Crippen LogP contribution in [0.4, 0.5) is 0 Å². The molecule has 1 atom stereocenters. The summed E-state index contributed by atoms with van der Waals surface area (Å²) in [6.07, 6.45) is 3.80. The number of hydrogen-bond acceptors (Lipinski definition) is 5. The molecule has 2 heterocycles. The average Bonchev–Trinajstić information content (AvgIpc) is 3.15. The predicted molar refractivity (Wildman–Crippen MR) is 114 cm³/mol. The minimum Gasteiger partial charge on any atom is -0.466 e. The van der Waals surface area contributed by atoms with Crippen molar-refractivity contribution in [1.82, 2.24) is 15.1 Å². The monoisotopic (exact) mass is 496 g/mol. The molecule has 0 aromatic carbocycles. The highest BCUT2D eigenvalue weighted by Crippen LogP contribution is 2.19. The molecule has 2 fully saturated rings. The number of nitrogens with zero attached hydrogens (tertiary/aromatic N) is 3. The first-order valence-electron chi connectivity index (χ1n) is 9.53. The Balaban J connectivity index is 0.00000364. The van der Waals surface area contributed by atoms with Gasteiger partial charge in [0.2, 0.25) is 5.91 Å². The molecule has 8 nitrogen and oxygen atoms in total. The van der Waals surface area contributed by atoms with E-state index in [0.29, 0.717) is 13.2 Å². The number of likely N-dealkylation sites (tertiary alicyclic amines) is 1. The van der Waals surface area contributed by atoms with Crippen molar-refractivity contribution in [1.29, 1.82) is 0 Å². The van der Waals surface area contributed by atoms with Crippen LogP contribution < -0.4 is 5.32 Å². The maximum absolute atomic E-state index is 11.9. The summed E-state index contributed by atoms with van der Waals surface area (Å²) >= 11 is 0. The molecular formula is C18H33IN4O4. The van der Waals surface area contributed by atoms with Crippen molar-refractivity contribution < 1.29 is 19.1 Å². The minimum atomic E-state index is -0.110. The van der Waals surface area contributed by atoms with E-state index in [0.717, 1.165) is 51.3 Å². The smallest absolute Gasteiger partial charge is 0.309 e. The Hall–Kier alpha value is -1.10. The molecule has 0 spiro atoms. The van der Waals surface area contributed by atoms with E-state index in [9.17, 15) is 9.59 Å². The zero-order valence-electron chi connectivity index (χ0n) is 16.6. The molecule has 2 rings (SSSR count). The highest BCUT2D eigenvalue weighted by Gasteiger charge is 2.28.